The molecule has 0 aliphatic carbocycles. The first kappa shape index (κ1) is 38.2. The summed E-state index contributed by atoms with van der Waals surface area (Å²) in [6, 6.07) is 6.97. The first-order chi connectivity index (χ1) is 21.0. The predicted octanol–water partition coefficient (Wildman–Crippen LogP) is 3.26. The van der Waals surface area contributed by atoms with E-state index in [1.165, 1.54) is 0 Å². The van der Waals surface area contributed by atoms with Gasteiger partial charge in [0.1, 0.15) is 25.4 Å². The minimum absolute atomic E-state index is 0.417. The number of amides is 1. The molecule has 0 saturated carbocycles. The molecule has 0 aromatic heterocycles. The average Bonchev–Trinajstić information content (AvgIpc) is 2.93. The van der Waals surface area contributed by atoms with Gasteiger partial charge >= 0.3 is 35.9 Å². The monoisotopic (exact) mass is 715 g/mol. The molecule has 6 atom stereocenters. The van der Waals surface area contributed by atoms with E-state index < -0.39 is 94.8 Å². The van der Waals surface area contributed by atoms with Crippen LogP contribution in [0, 0.1) is 0 Å². The number of nitrogens with one attached hydrogen (secondary N) is 1. The summed E-state index contributed by atoms with van der Waals surface area (Å²) < 4.78 is 36.0. The highest BCUT2D eigenvalue weighted by Gasteiger charge is 2.59. The van der Waals surface area contributed by atoms with E-state index in [-0.39, 0.29) is 0 Å². The van der Waals surface area contributed by atoms with Gasteiger partial charge in [-0.25, -0.2) is 9.59 Å². The van der Waals surface area contributed by atoms with E-state index in [0.29, 0.717) is 4.90 Å². The Hall–Kier alpha value is -2.98. The number of rotatable bonds is 12. The third kappa shape index (κ3) is 12.4. The molecule has 1 unspecified atom stereocenters. The second-order valence-electron chi connectivity index (χ2n) is 9.48. The quantitative estimate of drug-likeness (QED) is 0.189. The van der Waals surface area contributed by atoms with E-state index >= 15 is 0 Å². The number of alkyl halides is 3. The molecule has 18 heteroatoms. The van der Waals surface area contributed by atoms with Crippen molar-refractivity contribution in [3.63, 3.8) is 0 Å². The van der Waals surface area contributed by atoms with E-state index in [1.807, 2.05) is 0 Å². The van der Waals surface area contributed by atoms with Crippen molar-refractivity contribution >= 4 is 82.5 Å². The number of benzene rings is 1. The van der Waals surface area contributed by atoms with Crippen LogP contribution in [-0.4, -0.2) is 95.4 Å². The standard InChI is InChI=1S/C27H32Cl3NO13S/c1-14(32)39-12-20(42-16(3)34)22(43-17(4)35)23-21(31-25(37)40-13-27(28,29)30)19(41-15(2)33)11-26(44-23,24(36)38-5)45-18-9-7-6-8-10-18/h6-10,19-23H,11-13H2,1-5H3,(H,31,37)/t19-,20+,21+,22+,23+,26?/m0/s1. The molecule has 2 rings (SSSR count). The molecule has 14 nitrogen and oxygen atoms in total. The van der Waals surface area contributed by atoms with Crippen LogP contribution in [0.3, 0.4) is 0 Å². The fourth-order valence-electron chi connectivity index (χ4n) is 4.27. The van der Waals surface area contributed by atoms with Gasteiger partial charge in [-0.15, -0.1) is 0 Å². The predicted molar refractivity (Wildman–Crippen MR) is 158 cm³/mol. The normalized spacial score (nSPS) is 22.5. The number of esters is 5. The summed E-state index contributed by atoms with van der Waals surface area (Å²) in [4.78, 5) is 73.5. The van der Waals surface area contributed by atoms with Crippen LogP contribution in [0.5, 0.6) is 0 Å². The van der Waals surface area contributed by atoms with E-state index in [1.54, 1.807) is 30.3 Å². The minimum atomic E-state index is -2.01. The Morgan fingerprint density at radius 3 is 2.09 bits per heavy atom. The number of thioether (sulfide) groups is 1. The zero-order valence-electron chi connectivity index (χ0n) is 24.7. The van der Waals surface area contributed by atoms with Gasteiger partial charge in [-0.3, -0.25) is 19.2 Å². The summed E-state index contributed by atoms with van der Waals surface area (Å²) in [5.41, 5.74) is 0. The maximum atomic E-state index is 13.5. The Morgan fingerprint density at radius 1 is 0.956 bits per heavy atom. The summed E-state index contributed by atoms with van der Waals surface area (Å²) >= 11 is 18.0. The number of hydrogen-bond donors (Lipinski definition) is 1. The van der Waals surface area contributed by atoms with Gasteiger partial charge in [-0.1, -0.05) is 64.8 Å². The third-order valence-corrected chi connectivity index (χ3v) is 7.40. The van der Waals surface area contributed by atoms with E-state index in [9.17, 15) is 28.8 Å². The van der Waals surface area contributed by atoms with Gasteiger partial charge in [-0.05, 0) is 12.1 Å². The molecule has 1 fully saturated rings. The van der Waals surface area contributed by atoms with Crippen molar-refractivity contribution in [3.05, 3.63) is 30.3 Å². The highest BCUT2D eigenvalue weighted by Crippen LogP contribution is 2.46. The lowest BCUT2D eigenvalue weighted by Gasteiger charge is -2.48. The van der Waals surface area contributed by atoms with Crippen LogP contribution in [0.1, 0.15) is 34.1 Å². The Kier molecular flexibility index (Phi) is 14.5. The topological polar surface area (TPSA) is 179 Å². The van der Waals surface area contributed by atoms with Gasteiger partial charge in [0.05, 0.1) is 13.2 Å². The van der Waals surface area contributed by atoms with Crippen LogP contribution in [-0.2, 0) is 57.1 Å². The SMILES string of the molecule is COC(=O)C1(Sc2ccccc2)C[C@H](OC(C)=O)[C@@H](NC(=O)OCC(Cl)(Cl)Cl)[C@H]([C@H](OC(C)=O)[C@@H](COC(C)=O)OC(C)=O)O1. The summed E-state index contributed by atoms with van der Waals surface area (Å²) in [7, 11) is 1.10. The Balaban J connectivity index is 2.78. The molecule has 1 saturated heterocycles. The molecular formula is C27H32Cl3NO13S. The van der Waals surface area contributed by atoms with Gasteiger partial charge in [0.15, 0.2) is 12.2 Å². The number of ether oxygens (including phenoxy) is 7. The van der Waals surface area contributed by atoms with Crippen molar-refractivity contribution in [2.45, 2.75) is 78.2 Å². The lowest BCUT2D eigenvalue weighted by Crippen LogP contribution is -2.68. The molecule has 1 aromatic carbocycles. The maximum absolute atomic E-state index is 13.5. The van der Waals surface area contributed by atoms with Gasteiger partial charge in [0, 0.05) is 39.0 Å². The van der Waals surface area contributed by atoms with Crippen LogP contribution in [0.25, 0.3) is 0 Å². The van der Waals surface area contributed by atoms with Gasteiger partial charge in [0.25, 0.3) is 0 Å². The molecule has 1 aliphatic heterocycles. The zero-order chi connectivity index (χ0) is 33.9. The molecule has 0 bridgehead atoms. The largest absolute Gasteiger partial charge is 0.466 e. The van der Waals surface area contributed by atoms with E-state index in [0.717, 1.165) is 46.6 Å². The number of methoxy groups -OCH3 is 1. The lowest BCUT2D eigenvalue weighted by atomic mass is 9.89. The van der Waals surface area contributed by atoms with Crippen LogP contribution >= 0.6 is 46.6 Å². The van der Waals surface area contributed by atoms with E-state index in [2.05, 4.69) is 5.32 Å². The van der Waals surface area contributed by atoms with Crippen molar-refractivity contribution in [1.82, 2.24) is 5.32 Å². The third-order valence-electron chi connectivity index (χ3n) is 5.80. The molecular weight excluding hydrogens is 685 g/mol. The Bertz CT molecular complexity index is 1230. The van der Waals surface area contributed by atoms with Crippen LogP contribution < -0.4 is 5.32 Å². The molecule has 1 N–H and O–H groups in total. The van der Waals surface area contributed by atoms with Crippen LogP contribution in [0.2, 0.25) is 0 Å². The zero-order valence-corrected chi connectivity index (χ0v) is 27.8. The maximum Gasteiger partial charge on any atom is 0.407 e. The van der Waals surface area contributed by atoms with Gasteiger partial charge < -0.3 is 38.5 Å². The smallest absolute Gasteiger partial charge is 0.407 e. The number of carbonyl (C=O) groups is 6. The summed E-state index contributed by atoms with van der Waals surface area (Å²) in [6.45, 7) is 2.89. The van der Waals surface area contributed by atoms with Crippen LogP contribution in [0.4, 0.5) is 4.79 Å². The Labute approximate surface area is 277 Å². The first-order valence-electron chi connectivity index (χ1n) is 13.1. The minimum Gasteiger partial charge on any atom is -0.466 e. The van der Waals surface area contributed by atoms with Crippen molar-refractivity contribution in [3.8, 4) is 0 Å². The summed E-state index contributed by atoms with van der Waals surface area (Å²) in [5.74, 6) is -4.34. The highest BCUT2D eigenvalue weighted by atomic mass is 35.6. The fraction of sp³-hybridized carbons (Fsp3) is 0.556. The molecule has 0 radical (unpaired) electrons. The van der Waals surface area contributed by atoms with Gasteiger partial charge in [0.2, 0.25) is 8.73 Å². The molecule has 1 amide bonds. The summed E-state index contributed by atoms with van der Waals surface area (Å²) in [5, 5.41) is 2.44. The molecule has 1 heterocycles. The molecule has 45 heavy (non-hydrogen) atoms. The fourth-order valence-corrected chi connectivity index (χ4v) is 5.68. The lowest BCUT2D eigenvalue weighted by molar-refractivity contribution is -0.223. The molecule has 250 valence electrons. The number of halogens is 3. The van der Waals surface area contributed by atoms with Gasteiger partial charge in [-0.2, -0.15) is 0 Å². The second-order valence-corrected chi connectivity index (χ2v) is 13.3. The van der Waals surface area contributed by atoms with Crippen molar-refractivity contribution in [1.29, 1.82) is 0 Å². The Morgan fingerprint density at radius 2 is 1.58 bits per heavy atom. The highest BCUT2D eigenvalue weighted by molar-refractivity contribution is 8.01. The van der Waals surface area contributed by atoms with Crippen molar-refractivity contribution in [2.24, 2.45) is 0 Å². The molecule has 1 aliphatic rings. The molecule has 1 aromatic rings. The average molecular weight is 717 g/mol. The van der Waals surface area contributed by atoms with E-state index in [4.69, 9.17) is 68.0 Å². The second kappa shape index (κ2) is 17.1. The number of alkyl carbamates (subject to hydrolysis) is 1. The molecule has 0 spiro atoms. The summed E-state index contributed by atoms with van der Waals surface area (Å²) in [6.07, 6.45) is -7.95. The number of hydrogen-bond acceptors (Lipinski definition) is 14. The van der Waals surface area contributed by atoms with Crippen molar-refractivity contribution < 1.29 is 61.9 Å². The number of carbonyl (C=O) groups excluding carboxylic acids is 6. The first-order valence-corrected chi connectivity index (χ1v) is 15.1. The van der Waals surface area contributed by atoms with Crippen molar-refractivity contribution in [2.75, 3.05) is 20.3 Å². The van der Waals surface area contributed by atoms with Crippen LogP contribution in [0.15, 0.2) is 35.2 Å².